The maximum absolute atomic E-state index is 12.5. The molecule has 0 bridgehead atoms. The Balaban J connectivity index is 1.54. The molecule has 5 heteroatoms. The number of nitrogens with zero attached hydrogens (tertiary/aromatic N) is 3. The molecule has 0 spiro atoms. The molecule has 0 aliphatic carbocycles. The van der Waals surface area contributed by atoms with Crippen LogP contribution in [-0.2, 0) is 0 Å². The Morgan fingerprint density at radius 2 is 1.45 bits per heavy atom. The Morgan fingerprint density at radius 1 is 0.864 bits per heavy atom. The summed E-state index contributed by atoms with van der Waals surface area (Å²) in [5.74, 6) is 0.877. The molecule has 2 aliphatic rings. The third-order valence-electron chi connectivity index (χ3n) is 4.61. The van der Waals surface area contributed by atoms with E-state index < -0.39 is 0 Å². The summed E-state index contributed by atoms with van der Waals surface area (Å²) in [4.78, 5) is 18.9. The van der Waals surface area contributed by atoms with E-state index in [9.17, 15) is 4.79 Å². The second-order valence-corrected chi connectivity index (χ2v) is 6.00. The van der Waals surface area contributed by atoms with E-state index in [0.29, 0.717) is 0 Å². The highest BCUT2D eigenvalue weighted by Crippen LogP contribution is 2.21. The normalized spacial score (nSPS) is 19.2. The first-order valence-electron chi connectivity index (χ1n) is 8.21. The second-order valence-electron chi connectivity index (χ2n) is 6.00. The van der Waals surface area contributed by atoms with E-state index in [1.54, 1.807) is 7.11 Å². The van der Waals surface area contributed by atoms with Crippen LogP contribution in [0.15, 0.2) is 24.3 Å². The molecule has 0 saturated carbocycles. The van der Waals surface area contributed by atoms with Gasteiger partial charge in [0, 0.05) is 45.0 Å². The lowest BCUT2D eigenvalue weighted by Crippen LogP contribution is -2.53. The first-order chi connectivity index (χ1) is 10.8. The van der Waals surface area contributed by atoms with Crippen LogP contribution in [0.2, 0.25) is 0 Å². The first kappa shape index (κ1) is 15.0. The van der Waals surface area contributed by atoms with Crippen molar-refractivity contribution in [3.63, 3.8) is 0 Å². The van der Waals surface area contributed by atoms with Crippen LogP contribution in [0, 0.1) is 0 Å². The molecule has 0 aromatic heterocycles. The lowest BCUT2D eigenvalue weighted by molar-refractivity contribution is 0.141. The average Bonchev–Trinajstić information content (AvgIpc) is 2.62. The highest BCUT2D eigenvalue weighted by atomic mass is 16.5. The van der Waals surface area contributed by atoms with Crippen LogP contribution in [0.3, 0.4) is 0 Å². The molecule has 0 radical (unpaired) electrons. The molecular weight excluding hydrogens is 278 g/mol. The molecule has 2 aliphatic heterocycles. The lowest BCUT2D eigenvalue weighted by Gasteiger charge is -2.39. The zero-order valence-corrected chi connectivity index (χ0v) is 13.3. The molecule has 120 valence electrons. The van der Waals surface area contributed by atoms with Crippen molar-refractivity contribution in [3.8, 4) is 5.75 Å². The molecule has 22 heavy (non-hydrogen) atoms. The second kappa shape index (κ2) is 6.90. The van der Waals surface area contributed by atoms with Crippen LogP contribution in [0.1, 0.15) is 19.3 Å². The summed E-state index contributed by atoms with van der Waals surface area (Å²) in [6.07, 6.45) is 3.56. The van der Waals surface area contributed by atoms with Crippen LogP contribution >= 0.6 is 0 Å². The van der Waals surface area contributed by atoms with Gasteiger partial charge in [-0.1, -0.05) is 0 Å². The fourth-order valence-corrected chi connectivity index (χ4v) is 3.23. The minimum absolute atomic E-state index is 0.231. The van der Waals surface area contributed by atoms with Gasteiger partial charge in [-0.25, -0.2) is 4.79 Å². The van der Waals surface area contributed by atoms with Gasteiger partial charge in [0.25, 0.3) is 0 Å². The fourth-order valence-electron chi connectivity index (χ4n) is 3.23. The minimum atomic E-state index is 0.231. The van der Waals surface area contributed by atoms with E-state index in [2.05, 4.69) is 17.0 Å². The summed E-state index contributed by atoms with van der Waals surface area (Å²) in [7, 11) is 1.68. The number of hydrogen-bond donors (Lipinski definition) is 0. The highest BCUT2D eigenvalue weighted by molar-refractivity contribution is 5.75. The van der Waals surface area contributed by atoms with E-state index in [1.165, 1.54) is 12.1 Å². The Hall–Kier alpha value is -1.91. The summed E-state index contributed by atoms with van der Waals surface area (Å²) in [6.45, 7) is 5.26. The van der Waals surface area contributed by atoms with Crippen LogP contribution in [0.4, 0.5) is 10.5 Å². The van der Waals surface area contributed by atoms with E-state index in [0.717, 1.165) is 57.9 Å². The van der Waals surface area contributed by atoms with Crippen molar-refractivity contribution in [3.05, 3.63) is 24.3 Å². The van der Waals surface area contributed by atoms with Gasteiger partial charge in [-0.05, 0) is 43.5 Å². The number of rotatable bonds is 2. The number of urea groups is 1. The quantitative estimate of drug-likeness (QED) is 0.842. The molecule has 3 rings (SSSR count). The summed E-state index contributed by atoms with van der Waals surface area (Å²) >= 11 is 0. The summed E-state index contributed by atoms with van der Waals surface area (Å²) in [5.41, 5.74) is 1.20. The number of likely N-dealkylation sites (tertiary alicyclic amines) is 1. The van der Waals surface area contributed by atoms with E-state index in [1.807, 2.05) is 21.9 Å². The standard InChI is InChI=1S/C17H25N3O2/c1-22-16-7-5-15(6-8-16)18-11-13-20(14-12-18)17(21)19-9-3-2-4-10-19/h5-8H,2-4,9-14H2,1H3. The largest absolute Gasteiger partial charge is 0.497 e. The molecule has 0 atom stereocenters. The van der Waals surface area contributed by atoms with Crippen molar-refractivity contribution >= 4 is 11.7 Å². The summed E-state index contributed by atoms with van der Waals surface area (Å²) in [5, 5.41) is 0. The molecule has 2 heterocycles. The molecule has 2 saturated heterocycles. The lowest BCUT2D eigenvalue weighted by atomic mass is 10.1. The number of methoxy groups -OCH3 is 1. The van der Waals surface area contributed by atoms with E-state index >= 15 is 0 Å². The highest BCUT2D eigenvalue weighted by Gasteiger charge is 2.26. The number of piperazine rings is 1. The van der Waals surface area contributed by atoms with E-state index in [-0.39, 0.29) is 6.03 Å². The molecule has 2 fully saturated rings. The fraction of sp³-hybridized carbons (Fsp3) is 0.588. The van der Waals surface area contributed by atoms with Crippen molar-refractivity contribution in [2.45, 2.75) is 19.3 Å². The average molecular weight is 303 g/mol. The van der Waals surface area contributed by atoms with Crippen LogP contribution < -0.4 is 9.64 Å². The third-order valence-corrected chi connectivity index (χ3v) is 4.61. The van der Waals surface area contributed by atoms with Gasteiger partial charge < -0.3 is 19.4 Å². The summed E-state index contributed by atoms with van der Waals surface area (Å²) in [6, 6.07) is 8.37. The molecule has 0 unspecified atom stereocenters. The van der Waals surface area contributed by atoms with Gasteiger partial charge in [-0.3, -0.25) is 0 Å². The van der Waals surface area contributed by atoms with Gasteiger partial charge in [0.1, 0.15) is 5.75 Å². The summed E-state index contributed by atoms with van der Waals surface area (Å²) < 4.78 is 5.20. The zero-order chi connectivity index (χ0) is 15.4. The van der Waals surface area contributed by atoms with Gasteiger partial charge in [0.2, 0.25) is 0 Å². The zero-order valence-electron chi connectivity index (χ0n) is 13.3. The van der Waals surface area contributed by atoms with E-state index in [4.69, 9.17) is 4.74 Å². The van der Waals surface area contributed by atoms with Gasteiger partial charge in [-0.15, -0.1) is 0 Å². The predicted octanol–water partition coefficient (Wildman–Crippen LogP) is 2.42. The SMILES string of the molecule is COc1ccc(N2CCN(C(=O)N3CCCCC3)CC2)cc1. The Labute approximate surface area is 132 Å². The number of carbonyl (C=O) groups is 1. The monoisotopic (exact) mass is 303 g/mol. The van der Waals surface area contributed by atoms with Crippen molar-refractivity contribution in [1.82, 2.24) is 9.80 Å². The topological polar surface area (TPSA) is 36.0 Å². The molecule has 1 aromatic rings. The van der Waals surface area contributed by atoms with Gasteiger partial charge in [0.15, 0.2) is 0 Å². The van der Waals surface area contributed by atoms with Gasteiger partial charge in [-0.2, -0.15) is 0 Å². The molecule has 2 amide bonds. The smallest absolute Gasteiger partial charge is 0.320 e. The molecule has 0 N–H and O–H groups in total. The van der Waals surface area contributed by atoms with Crippen molar-refractivity contribution < 1.29 is 9.53 Å². The van der Waals surface area contributed by atoms with Crippen molar-refractivity contribution in [1.29, 1.82) is 0 Å². The molecular formula is C17H25N3O2. The predicted molar refractivity (Wildman–Crippen MR) is 87.6 cm³/mol. The third kappa shape index (κ3) is 3.29. The minimum Gasteiger partial charge on any atom is -0.497 e. The number of piperidine rings is 1. The maximum Gasteiger partial charge on any atom is 0.320 e. The van der Waals surface area contributed by atoms with Crippen molar-refractivity contribution in [2.75, 3.05) is 51.3 Å². The maximum atomic E-state index is 12.5. The van der Waals surface area contributed by atoms with Crippen LogP contribution in [-0.4, -0.2) is 62.2 Å². The first-order valence-corrected chi connectivity index (χ1v) is 8.21. The number of amides is 2. The Morgan fingerprint density at radius 3 is 2.05 bits per heavy atom. The molecule has 5 nitrogen and oxygen atoms in total. The number of anilines is 1. The molecule has 1 aromatic carbocycles. The number of carbonyl (C=O) groups excluding carboxylic acids is 1. The van der Waals surface area contributed by atoms with Crippen LogP contribution in [0.25, 0.3) is 0 Å². The number of ether oxygens (including phenoxy) is 1. The van der Waals surface area contributed by atoms with Gasteiger partial charge in [0.05, 0.1) is 7.11 Å². The number of benzene rings is 1. The van der Waals surface area contributed by atoms with Crippen molar-refractivity contribution in [2.24, 2.45) is 0 Å². The van der Waals surface area contributed by atoms with Gasteiger partial charge >= 0.3 is 6.03 Å². The van der Waals surface area contributed by atoms with Crippen LogP contribution in [0.5, 0.6) is 5.75 Å². The Kier molecular flexibility index (Phi) is 4.71. The number of hydrogen-bond acceptors (Lipinski definition) is 3. The Bertz CT molecular complexity index is 489.